The number of fused-ring (bicyclic) bond motifs is 1. The van der Waals surface area contributed by atoms with Gasteiger partial charge in [-0.3, -0.25) is 4.79 Å². The molecule has 3 rings (SSSR count). The Morgan fingerprint density at radius 2 is 2.14 bits per heavy atom. The molecule has 0 unspecified atom stereocenters. The molecule has 2 heterocycles. The first kappa shape index (κ1) is 14.4. The molecule has 1 fully saturated rings. The fraction of sp³-hybridized carbons (Fsp3) is 0.611. The Morgan fingerprint density at radius 1 is 1.33 bits per heavy atom. The summed E-state index contributed by atoms with van der Waals surface area (Å²) < 4.78 is 0. The van der Waals surface area contributed by atoms with E-state index in [1.807, 2.05) is 12.1 Å². The summed E-state index contributed by atoms with van der Waals surface area (Å²) in [6.07, 6.45) is 5.62. The molecule has 2 aliphatic rings. The summed E-state index contributed by atoms with van der Waals surface area (Å²) in [7, 11) is 0. The predicted molar refractivity (Wildman–Crippen MR) is 86.8 cm³/mol. The van der Waals surface area contributed by atoms with Gasteiger partial charge in [-0.2, -0.15) is 0 Å². The maximum absolute atomic E-state index is 12.9. The summed E-state index contributed by atoms with van der Waals surface area (Å²) >= 11 is 0. The number of anilines is 1. The summed E-state index contributed by atoms with van der Waals surface area (Å²) in [5, 5.41) is 3.42. The van der Waals surface area contributed by atoms with Crippen molar-refractivity contribution in [1.29, 1.82) is 0 Å². The first-order chi connectivity index (χ1) is 10.2. The number of benzene rings is 1. The van der Waals surface area contributed by atoms with Crippen molar-refractivity contribution in [3.8, 4) is 0 Å². The van der Waals surface area contributed by atoms with Crippen molar-refractivity contribution in [2.45, 2.75) is 46.0 Å². The third kappa shape index (κ3) is 2.54. The lowest BCUT2D eigenvalue weighted by molar-refractivity contribution is 0.0768. The molecule has 0 aromatic heterocycles. The van der Waals surface area contributed by atoms with Crippen molar-refractivity contribution in [2.24, 2.45) is 5.41 Å². The second-order valence-electron chi connectivity index (χ2n) is 6.55. The van der Waals surface area contributed by atoms with Crippen molar-refractivity contribution < 1.29 is 4.79 Å². The van der Waals surface area contributed by atoms with Gasteiger partial charge in [0, 0.05) is 30.9 Å². The van der Waals surface area contributed by atoms with Gasteiger partial charge in [-0.05, 0) is 55.2 Å². The zero-order valence-corrected chi connectivity index (χ0v) is 13.2. The molecule has 0 aliphatic carbocycles. The SMILES string of the molecule is CCC1(CC)CCN(C(=O)c2cccc3c2CCCN3)C1. The lowest BCUT2D eigenvalue weighted by Crippen LogP contribution is -2.32. The molecule has 0 radical (unpaired) electrons. The highest BCUT2D eigenvalue weighted by Gasteiger charge is 2.37. The van der Waals surface area contributed by atoms with E-state index in [-0.39, 0.29) is 5.91 Å². The van der Waals surface area contributed by atoms with Gasteiger partial charge in [-0.25, -0.2) is 0 Å². The molecule has 0 saturated carbocycles. The topological polar surface area (TPSA) is 32.3 Å². The number of nitrogens with one attached hydrogen (secondary N) is 1. The summed E-state index contributed by atoms with van der Waals surface area (Å²) in [4.78, 5) is 15.0. The van der Waals surface area contributed by atoms with Crippen LogP contribution in [0.2, 0.25) is 0 Å². The van der Waals surface area contributed by atoms with Crippen molar-refractivity contribution in [1.82, 2.24) is 4.90 Å². The number of likely N-dealkylation sites (tertiary alicyclic amines) is 1. The van der Waals surface area contributed by atoms with E-state index in [0.29, 0.717) is 5.41 Å². The molecule has 1 saturated heterocycles. The number of hydrogen-bond acceptors (Lipinski definition) is 2. The zero-order chi connectivity index (χ0) is 14.9. The monoisotopic (exact) mass is 286 g/mol. The van der Waals surface area contributed by atoms with Crippen LogP contribution in [0.25, 0.3) is 0 Å². The molecule has 2 aliphatic heterocycles. The molecule has 21 heavy (non-hydrogen) atoms. The number of rotatable bonds is 3. The standard InChI is InChI=1S/C18H26N2O/c1-3-18(4-2)10-12-20(13-18)17(21)15-7-5-9-16-14(15)8-6-11-19-16/h5,7,9,19H,3-4,6,8,10-13H2,1-2H3. The second kappa shape index (κ2) is 5.70. The molecule has 114 valence electrons. The number of carbonyl (C=O) groups excluding carboxylic acids is 1. The van der Waals surface area contributed by atoms with Gasteiger partial charge in [0.1, 0.15) is 0 Å². The van der Waals surface area contributed by atoms with Crippen molar-refractivity contribution in [3.63, 3.8) is 0 Å². The zero-order valence-electron chi connectivity index (χ0n) is 13.2. The normalized spacial score (nSPS) is 20.0. The van der Waals surface area contributed by atoms with Crippen LogP contribution in [0.1, 0.15) is 55.5 Å². The maximum Gasteiger partial charge on any atom is 0.254 e. The maximum atomic E-state index is 12.9. The smallest absolute Gasteiger partial charge is 0.254 e. The summed E-state index contributed by atoms with van der Waals surface area (Å²) in [6, 6.07) is 6.11. The lowest BCUT2D eigenvalue weighted by Gasteiger charge is -2.27. The molecular formula is C18H26N2O. The Kier molecular flexibility index (Phi) is 3.92. The highest BCUT2D eigenvalue weighted by Crippen LogP contribution is 2.38. The van der Waals surface area contributed by atoms with E-state index >= 15 is 0 Å². The average molecular weight is 286 g/mol. The Hall–Kier alpha value is -1.51. The van der Waals surface area contributed by atoms with Gasteiger partial charge in [0.15, 0.2) is 0 Å². The third-order valence-corrected chi connectivity index (χ3v) is 5.55. The molecule has 3 nitrogen and oxygen atoms in total. The fourth-order valence-corrected chi connectivity index (χ4v) is 3.82. The number of amides is 1. The van der Waals surface area contributed by atoms with Crippen LogP contribution in [-0.2, 0) is 6.42 Å². The Labute approximate surface area is 127 Å². The van der Waals surface area contributed by atoms with Crippen LogP contribution < -0.4 is 5.32 Å². The molecule has 0 spiro atoms. The summed E-state index contributed by atoms with van der Waals surface area (Å²) in [6.45, 7) is 7.37. The van der Waals surface area contributed by atoms with E-state index in [2.05, 4.69) is 30.1 Å². The fourth-order valence-electron chi connectivity index (χ4n) is 3.82. The third-order valence-electron chi connectivity index (χ3n) is 5.55. The quantitative estimate of drug-likeness (QED) is 0.919. The summed E-state index contributed by atoms with van der Waals surface area (Å²) in [5.41, 5.74) is 3.65. The average Bonchev–Trinajstić information content (AvgIpc) is 2.99. The number of carbonyl (C=O) groups is 1. The first-order valence-electron chi connectivity index (χ1n) is 8.34. The van der Waals surface area contributed by atoms with Gasteiger partial charge in [-0.1, -0.05) is 19.9 Å². The van der Waals surface area contributed by atoms with Gasteiger partial charge in [0.05, 0.1) is 0 Å². The first-order valence-corrected chi connectivity index (χ1v) is 8.34. The van der Waals surface area contributed by atoms with Crippen molar-refractivity contribution >= 4 is 11.6 Å². The van der Waals surface area contributed by atoms with Gasteiger partial charge in [-0.15, -0.1) is 0 Å². The molecule has 1 aromatic carbocycles. The van der Waals surface area contributed by atoms with E-state index in [9.17, 15) is 4.79 Å². The van der Waals surface area contributed by atoms with Crippen LogP contribution in [-0.4, -0.2) is 30.4 Å². The van der Waals surface area contributed by atoms with Crippen molar-refractivity contribution in [3.05, 3.63) is 29.3 Å². The molecule has 1 N–H and O–H groups in total. The van der Waals surface area contributed by atoms with Crippen LogP contribution in [0, 0.1) is 5.41 Å². The summed E-state index contributed by atoms with van der Waals surface area (Å²) in [5.74, 6) is 0.235. The van der Waals surface area contributed by atoms with Gasteiger partial charge < -0.3 is 10.2 Å². The molecule has 3 heteroatoms. The highest BCUT2D eigenvalue weighted by molar-refractivity contribution is 5.97. The molecule has 1 amide bonds. The molecule has 0 atom stereocenters. The van der Waals surface area contributed by atoms with E-state index < -0.39 is 0 Å². The molecular weight excluding hydrogens is 260 g/mol. The van der Waals surface area contributed by atoms with Crippen LogP contribution in [0.3, 0.4) is 0 Å². The predicted octanol–water partition coefficient (Wildman–Crippen LogP) is 3.70. The Balaban J connectivity index is 1.84. The van der Waals surface area contributed by atoms with Gasteiger partial charge >= 0.3 is 0 Å². The van der Waals surface area contributed by atoms with E-state index in [0.717, 1.165) is 50.1 Å². The number of hydrogen-bond donors (Lipinski definition) is 1. The molecule has 0 bridgehead atoms. The Bertz CT molecular complexity index is 534. The van der Waals surface area contributed by atoms with Crippen LogP contribution in [0.4, 0.5) is 5.69 Å². The molecule has 1 aromatic rings. The van der Waals surface area contributed by atoms with E-state index in [1.165, 1.54) is 18.4 Å². The second-order valence-corrected chi connectivity index (χ2v) is 6.55. The Morgan fingerprint density at radius 3 is 2.86 bits per heavy atom. The minimum absolute atomic E-state index is 0.235. The minimum atomic E-state index is 0.235. The van der Waals surface area contributed by atoms with Crippen molar-refractivity contribution in [2.75, 3.05) is 25.0 Å². The highest BCUT2D eigenvalue weighted by atomic mass is 16.2. The lowest BCUT2D eigenvalue weighted by atomic mass is 9.82. The number of nitrogens with zero attached hydrogens (tertiary/aromatic N) is 1. The van der Waals surface area contributed by atoms with Gasteiger partial charge in [0.2, 0.25) is 0 Å². The van der Waals surface area contributed by atoms with Crippen LogP contribution in [0.15, 0.2) is 18.2 Å². The largest absolute Gasteiger partial charge is 0.385 e. The van der Waals surface area contributed by atoms with Gasteiger partial charge in [0.25, 0.3) is 5.91 Å². The van der Waals surface area contributed by atoms with E-state index in [1.54, 1.807) is 0 Å². The minimum Gasteiger partial charge on any atom is -0.385 e. The van der Waals surface area contributed by atoms with E-state index in [4.69, 9.17) is 0 Å². The van der Waals surface area contributed by atoms with Crippen LogP contribution >= 0.6 is 0 Å². The van der Waals surface area contributed by atoms with Crippen LogP contribution in [0.5, 0.6) is 0 Å².